The Morgan fingerprint density at radius 2 is 2.00 bits per heavy atom. The lowest BCUT2D eigenvalue weighted by molar-refractivity contribution is 0.177. The Hall–Kier alpha value is -3.20. The minimum absolute atomic E-state index is 0.330. The van der Waals surface area contributed by atoms with E-state index < -0.39 is 5.82 Å². The Kier molecular flexibility index (Phi) is 4.51. The minimum atomic E-state index is -0.433. The van der Waals surface area contributed by atoms with Gasteiger partial charge < -0.3 is 24.2 Å². The van der Waals surface area contributed by atoms with Crippen LogP contribution in [0.3, 0.4) is 0 Å². The number of anilines is 3. The highest BCUT2D eigenvalue weighted by Gasteiger charge is 2.38. The molecule has 2 unspecified atom stereocenters. The van der Waals surface area contributed by atoms with Gasteiger partial charge in [-0.1, -0.05) is 5.16 Å². The van der Waals surface area contributed by atoms with E-state index in [-0.39, 0.29) is 0 Å². The minimum Gasteiger partial charge on any atom is -0.497 e. The molecule has 1 aromatic carbocycles. The van der Waals surface area contributed by atoms with Crippen LogP contribution in [0.2, 0.25) is 0 Å². The molecule has 5 rings (SSSR count). The van der Waals surface area contributed by atoms with Gasteiger partial charge in [0.2, 0.25) is 11.8 Å². The number of hydrogen-bond donors (Lipinski definition) is 1. The van der Waals surface area contributed by atoms with Crippen molar-refractivity contribution in [1.29, 1.82) is 0 Å². The van der Waals surface area contributed by atoms with Crippen molar-refractivity contribution in [3.63, 3.8) is 0 Å². The number of rotatable bonds is 5. The highest BCUT2D eigenvalue weighted by molar-refractivity contribution is 5.65. The molecule has 29 heavy (non-hydrogen) atoms. The average Bonchev–Trinajstić information content (AvgIpc) is 3.44. The summed E-state index contributed by atoms with van der Waals surface area (Å²) in [7, 11) is 1.49. The van der Waals surface area contributed by atoms with E-state index in [1.807, 2.05) is 0 Å². The SMILES string of the molecule is COc1ccc(-c2cc(Nc3ccnc(N4CC5COCC5C4)n3)on2)c(F)c1. The smallest absolute Gasteiger partial charge is 0.230 e. The molecule has 0 spiro atoms. The van der Waals surface area contributed by atoms with Gasteiger partial charge in [-0.15, -0.1) is 0 Å². The van der Waals surface area contributed by atoms with Crippen molar-refractivity contribution >= 4 is 17.7 Å². The number of aromatic nitrogens is 3. The predicted molar refractivity (Wildman–Crippen MR) is 104 cm³/mol. The molecule has 1 N–H and O–H groups in total. The molecule has 2 aromatic heterocycles. The van der Waals surface area contributed by atoms with Gasteiger partial charge in [0.25, 0.3) is 0 Å². The number of methoxy groups -OCH3 is 1. The molecule has 2 atom stereocenters. The molecule has 0 bridgehead atoms. The molecule has 2 fully saturated rings. The maximum Gasteiger partial charge on any atom is 0.230 e. The van der Waals surface area contributed by atoms with Gasteiger partial charge in [0.1, 0.15) is 23.1 Å². The largest absolute Gasteiger partial charge is 0.497 e. The number of ether oxygens (including phenoxy) is 2. The molecule has 2 aliphatic rings. The third-order valence-corrected chi connectivity index (χ3v) is 5.38. The second-order valence-corrected chi connectivity index (χ2v) is 7.25. The molecule has 2 aliphatic heterocycles. The van der Waals surface area contributed by atoms with Crippen LogP contribution in [0.4, 0.5) is 22.0 Å². The molecule has 0 saturated carbocycles. The van der Waals surface area contributed by atoms with Crippen LogP contribution in [0, 0.1) is 17.7 Å². The highest BCUT2D eigenvalue weighted by Crippen LogP contribution is 2.32. The summed E-state index contributed by atoms with van der Waals surface area (Å²) in [5, 5.41) is 7.02. The van der Waals surface area contributed by atoms with E-state index in [1.54, 1.807) is 30.5 Å². The van der Waals surface area contributed by atoms with Crippen molar-refractivity contribution in [3.05, 3.63) is 42.3 Å². The number of nitrogens with one attached hydrogen (secondary N) is 1. The van der Waals surface area contributed by atoms with Crippen LogP contribution in [0.15, 0.2) is 41.1 Å². The van der Waals surface area contributed by atoms with Gasteiger partial charge in [0, 0.05) is 48.8 Å². The topological polar surface area (TPSA) is 85.5 Å². The van der Waals surface area contributed by atoms with Gasteiger partial charge in [-0.2, -0.15) is 4.98 Å². The van der Waals surface area contributed by atoms with Crippen LogP contribution in [0.1, 0.15) is 0 Å². The maximum absolute atomic E-state index is 14.3. The van der Waals surface area contributed by atoms with Crippen molar-refractivity contribution in [2.45, 2.75) is 0 Å². The third kappa shape index (κ3) is 3.49. The Morgan fingerprint density at radius 3 is 2.76 bits per heavy atom. The van der Waals surface area contributed by atoms with Gasteiger partial charge >= 0.3 is 0 Å². The summed E-state index contributed by atoms with van der Waals surface area (Å²) < 4.78 is 30.1. The lowest BCUT2D eigenvalue weighted by Gasteiger charge is -2.17. The van der Waals surface area contributed by atoms with Crippen molar-refractivity contribution in [1.82, 2.24) is 15.1 Å². The standard InChI is InChI=1S/C20H20FN5O3/c1-27-14-2-3-15(16(21)6-14)17-7-19(29-25-17)23-18-4-5-22-20(24-18)26-8-12-10-28-11-13(12)9-26/h2-7,12-13H,8-11H2,1H3,(H,22,23,24). The first kappa shape index (κ1) is 17.9. The number of nitrogens with zero attached hydrogens (tertiary/aromatic N) is 4. The Bertz CT molecular complexity index is 1010. The molecule has 0 amide bonds. The van der Waals surface area contributed by atoms with Crippen LogP contribution >= 0.6 is 0 Å². The summed E-state index contributed by atoms with van der Waals surface area (Å²) in [6.07, 6.45) is 1.70. The zero-order valence-corrected chi connectivity index (χ0v) is 15.8. The summed E-state index contributed by atoms with van der Waals surface area (Å²) in [6.45, 7) is 3.42. The molecule has 0 aliphatic carbocycles. The molecule has 0 radical (unpaired) electrons. The van der Waals surface area contributed by atoms with Crippen molar-refractivity contribution in [2.24, 2.45) is 11.8 Å². The van der Waals surface area contributed by atoms with Gasteiger partial charge in [-0.3, -0.25) is 0 Å². The van der Waals surface area contributed by atoms with E-state index in [0.717, 1.165) is 26.3 Å². The summed E-state index contributed by atoms with van der Waals surface area (Å²) >= 11 is 0. The molecule has 3 aromatic rings. The molecule has 2 saturated heterocycles. The quantitative estimate of drug-likeness (QED) is 0.703. The zero-order valence-electron chi connectivity index (χ0n) is 15.8. The predicted octanol–water partition coefficient (Wildman–Crippen LogP) is 3.11. The zero-order chi connectivity index (χ0) is 19.8. The summed E-state index contributed by atoms with van der Waals surface area (Å²) in [6, 6.07) is 7.97. The number of fused-ring (bicyclic) bond motifs is 1. The Balaban J connectivity index is 1.31. The van der Waals surface area contributed by atoms with Crippen LogP contribution < -0.4 is 15.0 Å². The second kappa shape index (κ2) is 7.32. The van der Waals surface area contributed by atoms with Crippen LogP contribution in [0.25, 0.3) is 11.3 Å². The Morgan fingerprint density at radius 1 is 1.17 bits per heavy atom. The first-order valence-corrected chi connectivity index (χ1v) is 9.43. The van der Waals surface area contributed by atoms with E-state index >= 15 is 0 Å². The van der Waals surface area contributed by atoms with Crippen LogP contribution in [0.5, 0.6) is 5.75 Å². The van der Waals surface area contributed by atoms with Crippen LogP contribution in [-0.4, -0.2) is 48.5 Å². The highest BCUT2D eigenvalue weighted by atomic mass is 19.1. The Labute approximate surface area is 166 Å². The van der Waals surface area contributed by atoms with E-state index in [0.29, 0.717) is 46.5 Å². The molecule has 4 heterocycles. The fraction of sp³-hybridized carbons (Fsp3) is 0.350. The van der Waals surface area contributed by atoms with Gasteiger partial charge in [0.15, 0.2) is 0 Å². The number of halogens is 1. The van der Waals surface area contributed by atoms with Gasteiger partial charge in [-0.25, -0.2) is 9.37 Å². The molecular formula is C20H20FN5O3. The van der Waals surface area contributed by atoms with Crippen molar-refractivity contribution in [3.8, 4) is 17.0 Å². The lowest BCUT2D eigenvalue weighted by atomic mass is 10.0. The molecule has 8 nitrogen and oxygen atoms in total. The van der Waals surface area contributed by atoms with E-state index in [1.165, 1.54) is 13.2 Å². The number of hydrogen-bond acceptors (Lipinski definition) is 8. The normalized spacial score (nSPS) is 20.7. The summed E-state index contributed by atoms with van der Waals surface area (Å²) in [5.41, 5.74) is 0.714. The van der Waals surface area contributed by atoms with Crippen molar-refractivity contribution in [2.75, 3.05) is 43.6 Å². The van der Waals surface area contributed by atoms with E-state index in [4.69, 9.17) is 14.0 Å². The molecule has 150 valence electrons. The number of benzene rings is 1. The fourth-order valence-electron chi connectivity index (χ4n) is 3.84. The second-order valence-electron chi connectivity index (χ2n) is 7.25. The summed E-state index contributed by atoms with van der Waals surface area (Å²) in [5.74, 6) is 2.73. The van der Waals surface area contributed by atoms with Gasteiger partial charge in [0.05, 0.1) is 20.3 Å². The van der Waals surface area contributed by atoms with E-state index in [2.05, 4.69) is 25.3 Å². The lowest BCUT2D eigenvalue weighted by Crippen LogP contribution is -2.24. The monoisotopic (exact) mass is 397 g/mol. The van der Waals surface area contributed by atoms with E-state index in [9.17, 15) is 4.39 Å². The van der Waals surface area contributed by atoms with Crippen molar-refractivity contribution < 1.29 is 18.4 Å². The first-order valence-electron chi connectivity index (χ1n) is 9.43. The van der Waals surface area contributed by atoms with Gasteiger partial charge in [-0.05, 0) is 18.2 Å². The summed E-state index contributed by atoms with van der Waals surface area (Å²) in [4.78, 5) is 11.2. The fourth-order valence-corrected chi connectivity index (χ4v) is 3.84. The maximum atomic E-state index is 14.3. The molecular weight excluding hydrogens is 377 g/mol. The molecule has 9 heteroatoms. The van der Waals surface area contributed by atoms with Crippen LogP contribution in [-0.2, 0) is 4.74 Å². The third-order valence-electron chi connectivity index (χ3n) is 5.38. The first-order chi connectivity index (χ1) is 14.2. The average molecular weight is 397 g/mol.